The standard InChI is InChI=1S/C20H35N5O3/c1-6-24-9-11-25(12-10-24)8-7-22-20(21-2)23-15-16-13-17(26-3)19(28-5)18(14-16)27-4/h13-14H,6-12,15H2,1-5H3,(H2,21,22,23). The number of benzene rings is 1. The molecule has 0 aliphatic carbocycles. The van der Waals surface area contributed by atoms with Crippen LogP contribution >= 0.6 is 0 Å². The van der Waals surface area contributed by atoms with Gasteiger partial charge in [0.15, 0.2) is 17.5 Å². The summed E-state index contributed by atoms with van der Waals surface area (Å²) >= 11 is 0. The Morgan fingerprint density at radius 3 is 2.07 bits per heavy atom. The van der Waals surface area contributed by atoms with Crippen molar-refractivity contribution in [3.8, 4) is 17.2 Å². The average molecular weight is 394 g/mol. The summed E-state index contributed by atoms with van der Waals surface area (Å²) in [6, 6.07) is 3.88. The highest BCUT2D eigenvalue weighted by molar-refractivity contribution is 5.79. The van der Waals surface area contributed by atoms with E-state index in [1.165, 1.54) is 0 Å². The van der Waals surface area contributed by atoms with Crippen molar-refractivity contribution < 1.29 is 14.2 Å². The number of aliphatic imine (C=N–C) groups is 1. The summed E-state index contributed by atoms with van der Waals surface area (Å²) in [5, 5.41) is 6.73. The molecule has 0 bridgehead atoms. The summed E-state index contributed by atoms with van der Waals surface area (Å²) in [5.74, 6) is 2.67. The Morgan fingerprint density at radius 1 is 0.964 bits per heavy atom. The second kappa shape index (κ2) is 11.6. The zero-order valence-electron chi connectivity index (χ0n) is 17.9. The van der Waals surface area contributed by atoms with Gasteiger partial charge in [-0.25, -0.2) is 0 Å². The normalized spacial score (nSPS) is 16.0. The van der Waals surface area contributed by atoms with Crippen molar-refractivity contribution in [1.82, 2.24) is 20.4 Å². The number of hydrogen-bond donors (Lipinski definition) is 2. The van der Waals surface area contributed by atoms with Gasteiger partial charge in [0, 0.05) is 52.9 Å². The van der Waals surface area contributed by atoms with Crippen LogP contribution in [-0.4, -0.2) is 89.9 Å². The van der Waals surface area contributed by atoms with E-state index in [-0.39, 0.29) is 0 Å². The number of nitrogens with one attached hydrogen (secondary N) is 2. The minimum atomic E-state index is 0.597. The molecule has 1 fully saturated rings. The summed E-state index contributed by atoms with van der Waals surface area (Å²) in [7, 11) is 6.63. The lowest BCUT2D eigenvalue weighted by Gasteiger charge is -2.34. The third-order valence-corrected chi connectivity index (χ3v) is 5.04. The van der Waals surface area contributed by atoms with Crippen LogP contribution < -0.4 is 24.8 Å². The molecule has 1 heterocycles. The minimum absolute atomic E-state index is 0.597. The van der Waals surface area contributed by atoms with Gasteiger partial charge in [0.2, 0.25) is 5.75 Å². The number of ether oxygens (including phenoxy) is 3. The van der Waals surface area contributed by atoms with Gasteiger partial charge in [-0.3, -0.25) is 9.89 Å². The van der Waals surface area contributed by atoms with Crippen LogP contribution in [0, 0.1) is 0 Å². The highest BCUT2D eigenvalue weighted by Gasteiger charge is 2.15. The zero-order valence-corrected chi connectivity index (χ0v) is 17.9. The molecule has 1 aliphatic rings. The van der Waals surface area contributed by atoms with Crippen LogP contribution in [0.5, 0.6) is 17.2 Å². The maximum absolute atomic E-state index is 5.41. The average Bonchev–Trinajstić information content (AvgIpc) is 2.75. The summed E-state index contributed by atoms with van der Waals surface area (Å²) in [6.07, 6.45) is 0. The van der Waals surface area contributed by atoms with Crippen LogP contribution in [0.15, 0.2) is 17.1 Å². The number of likely N-dealkylation sites (N-methyl/N-ethyl adjacent to an activating group) is 1. The molecular weight excluding hydrogens is 358 g/mol. The molecule has 0 unspecified atom stereocenters. The molecule has 2 rings (SSSR count). The molecule has 0 atom stereocenters. The summed E-state index contributed by atoms with van der Waals surface area (Å²) in [6.45, 7) is 10.4. The molecule has 0 aromatic heterocycles. The van der Waals surface area contributed by atoms with Gasteiger partial charge < -0.3 is 29.7 Å². The van der Waals surface area contributed by atoms with Crippen molar-refractivity contribution in [1.29, 1.82) is 0 Å². The number of hydrogen-bond acceptors (Lipinski definition) is 6. The Morgan fingerprint density at radius 2 is 1.57 bits per heavy atom. The zero-order chi connectivity index (χ0) is 20.4. The topological polar surface area (TPSA) is 70.6 Å². The summed E-state index contributed by atoms with van der Waals surface area (Å²) < 4.78 is 16.2. The first-order valence-electron chi connectivity index (χ1n) is 9.83. The predicted molar refractivity (Wildman–Crippen MR) is 113 cm³/mol. The van der Waals surface area contributed by atoms with Crippen LogP contribution in [0.1, 0.15) is 12.5 Å². The van der Waals surface area contributed by atoms with Gasteiger partial charge in [0.05, 0.1) is 21.3 Å². The largest absolute Gasteiger partial charge is 0.493 e. The smallest absolute Gasteiger partial charge is 0.203 e. The molecule has 8 heteroatoms. The third-order valence-electron chi connectivity index (χ3n) is 5.04. The van der Waals surface area contributed by atoms with Crippen molar-refractivity contribution in [2.24, 2.45) is 4.99 Å². The van der Waals surface area contributed by atoms with Crippen LogP contribution in [0.4, 0.5) is 0 Å². The Kier molecular flexibility index (Phi) is 9.16. The molecule has 1 aromatic carbocycles. The van der Waals surface area contributed by atoms with E-state index in [1.54, 1.807) is 28.4 Å². The Balaban J connectivity index is 1.82. The van der Waals surface area contributed by atoms with Gasteiger partial charge >= 0.3 is 0 Å². The molecule has 2 N–H and O–H groups in total. The lowest BCUT2D eigenvalue weighted by molar-refractivity contribution is 0.139. The van der Waals surface area contributed by atoms with E-state index in [2.05, 4.69) is 32.3 Å². The molecule has 28 heavy (non-hydrogen) atoms. The maximum Gasteiger partial charge on any atom is 0.203 e. The monoisotopic (exact) mass is 393 g/mol. The SMILES string of the molecule is CCN1CCN(CCNC(=NC)NCc2cc(OC)c(OC)c(OC)c2)CC1. The van der Waals surface area contributed by atoms with Crippen LogP contribution in [0.3, 0.4) is 0 Å². The first-order chi connectivity index (χ1) is 13.6. The molecule has 0 radical (unpaired) electrons. The second-order valence-electron chi connectivity index (χ2n) is 6.66. The van der Waals surface area contributed by atoms with Crippen molar-refractivity contribution in [2.75, 3.05) is 74.2 Å². The molecule has 8 nitrogen and oxygen atoms in total. The van der Waals surface area contributed by atoms with Gasteiger partial charge in [-0.05, 0) is 24.2 Å². The van der Waals surface area contributed by atoms with Crippen LogP contribution in [0.2, 0.25) is 0 Å². The minimum Gasteiger partial charge on any atom is -0.493 e. The number of nitrogens with zero attached hydrogens (tertiary/aromatic N) is 3. The van der Waals surface area contributed by atoms with Gasteiger partial charge in [-0.1, -0.05) is 6.92 Å². The Hall–Kier alpha value is -2.19. The number of rotatable bonds is 9. The molecule has 0 saturated carbocycles. The van der Waals surface area contributed by atoms with Crippen molar-refractivity contribution in [3.63, 3.8) is 0 Å². The lowest BCUT2D eigenvalue weighted by Crippen LogP contribution is -2.49. The van der Waals surface area contributed by atoms with E-state index in [0.29, 0.717) is 23.8 Å². The van der Waals surface area contributed by atoms with E-state index in [9.17, 15) is 0 Å². The third kappa shape index (κ3) is 6.17. The van der Waals surface area contributed by atoms with Crippen molar-refractivity contribution in [2.45, 2.75) is 13.5 Å². The quantitative estimate of drug-likeness (QED) is 0.479. The highest BCUT2D eigenvalue weighted by atomic mass is 16.5. The van der Waals surface area contributed by atoms with E-state index in [0.717, 1.165) is 57.3 Å². The van der Waals surface area contributed by atoms with E-state index < -0.39 is 0 Å². The number of guanidine groups is 1. The highest BCUT2D eigenvalue weighted by Crippen LogP contribution is 2.38. The molecule has 1 aromatic rings. The number of methoxy groups -OCH3 is 3. The Labute approximate surface area is 168 Å². The lowest BCUT2D eigenvalue weighted by atomic mass is 10.2. The van der Waals surface area contributed by atoms with Gasteiger partial charge in [0.25, 0.3) is 0 Å². The second-order valence-corrected chi connectivity index (χ2v) is 6.66. The predicted octanol–water partition coefficient (Wildman–Crippen LogP) is 1.01. The number of piperazine rings is 1. The first-order valence-corrected chi connectivity index (χ1v) is 9.83. The molecule has 1 aliphatic heterocycles. The van der Waals surface area contributed by atoms with Crippen LogP contribution in [0.25, 0.3) is 0 Å². The molecular formula is C20H35N5O3. The summed E-state index contributed by atoms with van der Waals surface area (Å²) in [4.78, 5) is 9.29. The first kappa shape index (κ1) is 22.1. The van der Waals surface area contributed by atoms with Gasteiger partial charge in [-0.2, -0.15) is 0 Å². The van der Waals surface area contributed by atoms with Crippen molar-refractivity contribution in [3.05, 3.63) is 17.7 Å². The van der Waals surface area contributed by atoms with E-state index >= 15 is 0 Å². The molecule has 0 amide bonds. The molecule has 1 saturated heterocycles. The maximum atomic E-state index is 5.41. The van der Waals surface area contributed by atoms with Crippen LogP contribution in [-0.2, 0) is 6.54 Å². The molecule has 0 spiro atoms. The van der Waals surface area contributed by atoms with Gasteiger partial charge in [-0.15, -0.1) is 0 Å². The fraction of sp³-hybridized carbons (Fsp3) is 0.650. The fourth-order valence-electron chi connectivity index (χ4n) is 3.31. The van der Waals surface area contributed by atoms with E-state index in [1.807, 2.05) is 12.1 Å². The fourth-order valence-corrected chi connectivity index (χ4v) is 3.31. The van der Waals surface area contributed by atoms with Crippen molar-refractivity contribution >= 4 is 5.96 Å². The van der Waals surface area contributed by atoms with E-state index in [4.69, 9.17) is 14.2 Å². The van der Waals surface area contributed by atoms with Gasteiger partial charge in [0.1, 0.15) is 0 Å². The molecule has 158 valence electrons. The summed E-state index contributed by atoms with van der Waals surface area (Å²) in [5.41, 5.74) is 1.02. The Bertz CT molecular complexity index is 605.